The Labute approximate surface area is 186 Å². The molecule has 1 amide bonds. The largest absolute Gasteiger partial charge is 0.352 e. The molecule has 0 spiro atoms. The summed E-state index contributed by atoms with van der Waals surface area (Å²) in [6.07, 6.45) is 3.35. The van der Waals surface area contributed by atoms with Gasteiger partial charge in [-0.3, -0.25) is 4.79 Å². The van der Waals surface area contributed by atoms with E-state index in [1.54, 1.807) is 15.6 Å². The van der Waals surface area contributed by atoms with Gasteiger partial charge in [0.2, 0.25) is 0 Å². The van der Waals surface area contributed by atoms with Gasteiger partial charge in [-0.15, -0.1) is 0 Å². The number of aromatic nitrogens is 3. The fourth-order valence-electron chi connectivity index (χ4n) is 3.80. The van der Waals surface area contributed by atoms with Gasteiger partial charge in [0.15, 0.2) is 5.65 Å². The molecule has 0 atom stereocenters. The maximum absolute atomic E-state index is 12.7. The molecule has 0 fully saturated rings. The van der Waals surface area contributed by atoms with Crippen LogP contribution in [0.25, 0.3) is 5.65 Å². The fourth-order valence-corrected chi connectivity index (χ4v) is 4.22. The molecule has 6 nitrogen and oxygen atoms in total. The van der Waals surface area contributed by atoms with E-state index in [4.69, 9.17) is 4.98 Å². The predicted octanol–water partition coefficient (Wildman–Crippen LogP) is 2.74. The number of fused-ring (bicyclic) bond motifs is 1. The second-order valence-electron chi connectivity index (χ2n) is 7.64. The van der Waals surface area contributed by atoms with Gasteiger partial charge >= 0.3 is 0 Å². The molecule has 3 rings (SSSR count). The number of nitrogens with one attached hydrogen (secondary N) is 2. The summed E-state index contributed by atoms with van der Waals surface area (Å²) in [5.41, 5.74) is 5.42. The standard InChI is InChI=1S/C23H30BrN5O/c1-5-28(6-2)13-9-12-25-23(30)20-15-26-29-17(4)19(16(3)27-22(20)29)14-18-10-7-8-11-21(18)24/h7-8,10-11,15H,5-6,9,12-14H2,1-4H3,(H,25,30)/p+1. The number of halogens is 1. The molecule has 0 aliphatic heterocycles. The highest BCUT2D eigenvalue weighted by atomic mass is 79.9. The van der Waals surface area contributed by atoms with E-state index >= 15 is 0 Å². The zero-order chi connectivity index (χ0) is 21.7. The number of quaternary nitrogens is 1. The van der Waals surface area contributed by atoms with Crippen LogP contribution in [-0.2, 0) is 6.42 Å². The van der Waals surface area contributed by atoms with Gasteiger partial charge in [0.05, 0.1) is 25.8 Å². The third-order valence-corrected chi connectivity index (χ3v) is 6.54. The van der Waals surface area contributed by atoms with Gasteiger partial charge in [-0.2, -0.15) is 5.10 Å². The second kappa shape index (κ2) is 10.2. The average molecular weight is 473 g/mol. The molecule has 0 aliphatic carbocycles. The summed E-state index contributed by atoms with van der Waals surface area (Å²) in [5, 5.41) is 7.50. The molecule has 2 heterocycles. The first-order valence-electron chi connectivity index (χ1n) is 10.6. The van der Waals surface area contributed by atoms with Crippen LogP contribution < -0.4 is 10.2 Å². The highest BCUT2D eigenvalue weighted by molar-refractivity contribution is 9.10. The third-order valence-electron chi connectivity index (χ3n) is 5.77. The summed E-state index contributed by atoms with van der Waals surface area (Å²) >= 11 is 3.63. The molecular formula is C23H31BrN5O+. The summed E-state index contributed by atoms with van der Waals surface area (Å²) < 4.78 is 2.87. The molecule has 7 heteroatoms. The van der Waals surface area contributed by atoms with E-state index in [0.29, 0.717) is 17.8 Å². The quantitative estimate of drug-likeness (QED) is 0.470. The van der Waals surface area contributed by atoms with Crippen molar-refractivity contribution in [3.05, 3.63) is 63.0 Å². The van der Waals surface area contributed by atoms with Crippen molar-refractivity contribution >= 4 is 27.5 Å². The van der Waals surface area contributed by atoms with Crippen LogP contribution >= 0.6 is 15.9 Å². The van der Waals surface area contributed by atoms with Gasteiger partial charge in [0, 0.05) is 35.2 Å². The Bertz CT molecular complexity index is 1030. The van der Waals surface area contributed by atoms with Crippen molar-refractivity contribution in [1.82, 2.24) is 19.9 Å². The van der Waals surface area contributed by atoms with Crippen LogP contribution in [0.3, 0.4) is 0 Å². The van der Waals surface area contributed by atoms with E-state index in [9.17, 15) is 4.79 Å². The lowest BCUT2D eigenvalue weighted by molar-refractivity contribution is -0.896. The van der Waals surface area contributed by atoms with Gasteiger partial charge in [-0.25, -0.2) is 9.50 Å². The van der Waals surface area contributed by atoms with E-state index in [-0.39, 0.29) is 5.91 Å². The third kappa shape index (κ3) is 4.90. The van der Waals surface area contributed by atoms with Gasteiger partial charge in [-0.1, -0.05) is 34.1 Å². The van der Waals surface area contributed by atoms with Gasteiger partial charge in [0.1, 0.15) is 5.56 Å². The lowest BCUT2D eigenvalue weighted by atomic mass is 10.0. The Morgan fingerprint density at radius 2 is 1.93 bits per heavy atom. The molecule has 3 aromatic rings. The van der Waals surface area contributed by atoms with Crippen molar-refractivity contribution in [2.24, 2.45) is 0 Å². The average Bonchev–Trinajstić information content (AvgIpc) is 3.16. The van der Waals surface area contributed by atoms with Crippen LogP contribution in [-0.4, -0.2) is 46.7 Å². The first-order valence-corrected chi connectivity index (χ1v) is 11.4. The van der Waals surface area contributed by atoms with Crippen LogP contribution in [0.15, 0.2) is 34.9 Å². The number of aryl methyl sites for hydroxylation is 2. The van der Waals surface area contributed by atoms with Crippen LogP contribution in [0.1, 0.15) is 53.1 Å². The van der Waals surface area contributed by atoms with Crippen molar-refractivity contribution in [3.8, 4) is 0 Å². The minimum atomic E-state index is -0.107. The van der Waals surface area contributed by atoms with E-state index < -0.39 is 0 Å². The molecule has 30 heavy (non-hydrogen) atoms. The van der Waals surface area contributed by atoms with Gasteiger partial charge in [0.25, 0.3) is 5.91 Å². The topological polar surface area (TPSA) is 63.7 Å². The molecule has 1 aromatic carbocycles. The fraction of sp³-hybridized carbons (Fsp3) is 0.435. The summed E-state index contributed by atoms with van der Waals surface area (Å²) in [6, 6.07) is 8.20. The van der Waals surface area contributed by atoms with Gasteiger partial charge in [-0.05, 0) is 44.9 Å². The maximum atomic E-state index is 12.7. The normalized spacial score (nSPS) is 11.4. The molecule has 0 radical (unpaired) electrons. The van der Waals surface area contributed by atoms with Crippen LogP contribution in [0.2, 0.25) is 0 Å². The summed E-state index contributed by atoms with van der Waals surface area (Å²) in [7, 11) is 0. The SMILES string of the molecule is CC[NH+](CC)CCCNC(=O)c1cnn2c(C)c(Cc3ccccc3Br)c(C)nc12. The number of benzene rings is 1. The zero-order valence-electron chi connectivity index (χ0n) is 18.3. The van der Waals surface area contributed by atoms with Crippen LogP contribution in [0.5, 0.6) is 0 Å². The highest BCUT2D eigenvalue weighted by Gasteiger charge is 2.18. The van der Waals surface area contributed by atoms with Crippen molar-refractivity contribution < 1.29 is 9.69 Å². The monoisotopic (exact) mass is 472 g/mol. The lowest BCUT2D eigenvalue weighted by Crippen LogP contribution is -3.11. The number of amides is 1. The lowest BCUT2D eigenvalue weighted by Gasteiger charge is -2.15. The predicted molar refractivity (Wildman–Crippen MR) is 123 cm³/mol. The van der Waals surface area contributed by atoms with E-state index in [0.717, 1.165) is 53.9 Å². The Morgan fingerprint density at radius 3 is 2.63 bits per heavy atom. The zero-order valence-corrected chi connectivity index (χ0v) is 19.8. The van der Waals surface area contributed by atoms with E-state index in [1.165, 1.54) is 5.56 Å². The minimum Gasteiger partial charge on any atom is -0.352 e. The Hall–Kier alpha value is -2.25. The molecule has 0 unspecified atom stereocenters. The number of carbonyl (C=O) groups is 1. The molecule has 0 saturated carbocycles. The number of hydrogen-bond donors (Lipinski definition) is 2. The summed E-state index contributed by atoms with van der Waals surface area (Å²) in [4.78, 5) is 19.0. The van der Waals surface area contributed by atoms with Crippen LogP contribution in [0, 0.1) is 13.8 Å². The highest BCUT2D eigenvalue weighted by Crippen LogP contribution is 2.24. The molecular weight excluding hydrogens is 442 g/mol. The summed E-state index contributed by atoms with van der Waals surface area (Å²) in [5.74, 6) is -0.107. The van der Waals surface area contributed by atoms with Crippen molar-refractivity contribution in [2.45, 2.75) is 40.5 Å². The van der Waals surface area contributed by atoms with E-state index in [2.05, 4.69) is 46.3 Å². The molecule has 2 aromatic heterocycles. The molecule has 2 N–H and O–H groups in total. The number of nitrogens with zero attached hydrogens (tertiary/aromatic N) is 3. The van der Waals surface area contributed by atoms with Crippen molar-refractivity contribution in [1.29, 1.82) is 0 Å². The smallest absolute Gasteiger partial charge is 0.256 e. The van der Waals surface area contributed by atoms with Crippen molar-refractivity contribution in [2.75, 3.05) is 26.2 Å². The molecule has 0 aliphatic rings. The Kier molecular flexibility index (Phi) is 7.61. The first-order chi connectivity index (χ1) is 14.5. The molecule has 0 saturated heterocycles. The number of hydrogen-bond acceptors (Lipinski definition) is 3. The first kappa shape index (κ1) is 22.4. The number of rotatable bonds is 9. The van der Waals surface area contributed by atoms with E-state index in [1.807, 2.05) is 32.0 Å². The minimum absolute atomic E-state index is 0.107. The molecule has 160 valence electrons. The second-order valence-corrected chi connectivity index (χ2v) is 8.49. The molecule has 0 bridgehead atoms. The summed E-state index contributed by atoms with van der Waals surface area (Å²) in [6.45, 7) is 12.4. The van der Waals surface area contributed by atoms with Crippen LogP contribution in [0.4, 0.5) is 0 Å². The number of carbonyl (C=O) groups excluding carboxylic acids is 1. The maximum Gasteiger partial charge on any atom is 0.256 e. The van der Waals surface area contributed by atoms with Gasteiger partial charge < -0.3 is 10.2 Å². The van der Waals surface area contributed by atoms with Crippen molar-refractivity contribution in [3.63, 3.8) is 0 Å². The Balaban J connectivity index is 1.77. The Morgan fingerprint density at radius 1 is 1.20 bits per heavy atom.